The molecular formula is C22H16N2O2. The largest absolute Gasteiger partial charge is 0.294 e. The minimum absolute atomic E-state index is 0.0697. The van der Waals surface area contributed by atoms with Crippen molar-refractivity contribution in [2.75, 3.05) is 4.90 Å². The molecule has 3 aromatic rings. The van der Waals surface area contributed by atoms with Gasteiger partial charge in [-0.05, 0) is 36.1 Å². The van der Waals surface area contributed by atoms with Crippen LogP contribution in [0.5, 0.6) is 0 Å². The number of nitrogens with zero attached hydrogens (tertiary/aromatic N) is 2. The number of Topliss-reactive ketones (excluding diaryl/α,β-unsaturated/α-hetero) is 1. The zero-order valence-corrected chi connectivity index (χ0v) is 14.3. The van der Waals surface area contributed by atoms with Gasteiger partial charge in [0.1, 0.15) is 5.84 Å². The summed E-state index contributed by atoms with van der Waals surface area (Å²) in [5.41, 5.74) is 3.65. The molecule has 5 rings (SSSR count). The molecule has 126 valence electrons. The number of ketones is 1. The van der Waals surface area contributed by atoms with Crippen molar-refractivity contribution in [2.45, 2.75) is 19.8 Å². The van der Waals surface area contributed by atoms with E-state index in [-0.39, 0.29) is 11.7 Å². The second-order valence-corrected chi connectivity index (χ2v) is 6.66. The summed E-state index contributed by atoms with van der Waals surface area (Å²) in [4.78, 5) is 31.8. The zero-order chi connectivity index (χ0) is 17.8. The highest BCUT2D eigenvalue weighted by Crippen LogP contribution is 2.43. The molecule has 3 aromatic carbocycles. The molecule has 0 unspecified atom stereocenters. The van der Waals surface area contributed by atoms with Crippen LogP contribution in [0.2, 0.25) is 0 Å². The van der Waals surface area contributed by atoms with E-state index >= 15 is 0 Å². The predicted molar refractivity (Wildman–Crippen MR) is 103 cm³/mol. The molecule has 0 aromatic heterocycles. The van der Waals surface area contributed by atoms with Gasteiger partial charge in [0.25, 0.3) is 5.91 Å². The predicted octanol–water partition coefficient (Wildman–Crippen LogP) is 4.87. The number of carbonyl (C=O) groups is 2. The van der Waals surface area contributed by atoms with Gasteiger partial charge in [-0.15, -0.1) is 0 Å². The number of benzene rings is 3. The SMILES string of the molecule is CCCC(=O)c1ccc2c(c1)C(=O)N1C2=Nc2cccc3cccc1c23. The van der Waals surface area contributed by atoms with E-state index in [1.165, 1.54) is 0 Å². The number of aliphatic imine (C=N–C) groups is 1. The van der Waals surface area contributed by atoms with Gasteiger partial charge in [-0.3, -0.25) is 14.5 Å². The molecule has 0 radical (unpaired) electrons. The minimum Gasteiger partial charge on any atom is -0.294 e. The highest BCUT2D eigenvalue weighted by molar-refractivity contribution is 6.40. The van der Waals surface area contributed by atoms with Gasteiger partial charge < -0.3 is 0 Å². The summed E-state index contributed by atoms with van der Waals surface area (Å²) in [5.74, 6) is 0.595. The highest BCUT2D eigenvalue weighted by Gasteiger charge is 2.38. The van der Waals surface area contributed by atoms with Crippen LogP contribution in [-0.2, 0) is 0 Å². The Kier molecular flexibility index (Phi) is 3.10. The number of carbonyl (C=O) groups excluding carboxylic acids is 2. The van der Waals surface area contributed by atoms with Crippen LogP contribution in [-0.4, -0.2) is 17.5 Å². The van der Waals surface area contributed by atoms with Crippen LogP contribution in [0.25, 0.3) is 10.8 Å². The van der Waals surface area contributed by atoms with Crippen LogP contribution in [0.4, 0.5) is 11.4 Å². The number of hydrogen-bond acceptors (Lipinski definition) is 3. The molecule has 1 amide bonds. The number of rotatable bonds is 3. The lowest BCUT2D eigenvalue weighted by atomic mass is 10.0. The lowest BCUT2D eigenvalue weighted by Gasteiger charge is -2.24. The van der Waals surface area contributed by atoms with Crippen LogP contribution in [0, 0.1) is 0 Å². The normalized spacial score (nSPS) is 14.3. The molecule has 2 aliphatic rings. The molecule has 0 spiro atoms. The molecule has 2 heterocycles. The van der Waals surface area contributed by atoms with Crippen molar-refractivity contribution in [3.8, 4) is 0 Å². The van der Waals surface area contributed by atoms with Crippen molar-refractivity contribution in [3.05, 3.63) is 71.3 Å². The van der Waals surface area contributed by atoms with Gasteiger partial charge in [-0.2, -0.15) is 0 Å². The summed E-state index contributed by atoms with van der Waals surface area (Å²) in [6.07, 6.45) is 1.28. The Morgan fingerprint density at radius 3 is 2.65 bits per heavy atom. The first-order chi connectivity index (χ1) is 12.7. The van der Waals surface area contributed by atoms with Gasteiger partial charge in [-0.1, -0.05) is 37.3 Å². The van der Waals surface area contributed by atoms with Crippen molar-refractivity contribution in [3.63, 3.8) is 0 Å². The Hall–Kier alpha value is -3.27. The number of anilines is 1. The number of amidine groups is 1. The van der Waals surface area contributed by atoms with Crippen molar-refractivity contribution < 1.29 is 9.59 Å². The Labute approximate surface area is 150 Å². The summed E-state index contributed by atoms with van der Waals surface area (Å²) < 4.78 is 0. The second kappa shape index (κ2) is 5.36. The van der Waals surface area contributed by atoms with E-state index < -0.39 is 0 Å². The fraction of sp³-hybridized carbons (Fsp3) is 0.136. The molecule has 0 atom stereocenters. The molecular weight excluding hydrogens is 324 g/mol. The molecule has 4 heteroatoms. The maximum absolute atomic E-state index is 13.1. The monoisotopic (exact) mass is 340 g/mol. The van der Waals surface area contributed by atoms with Gasteiger partial charge in [0, 0.05) is 22.9 Å². The van der Waals surface area contributed by atoms with Crippen molar-refractivity contribution >= 4 is 39.7 Å². The van der Waals surface area contributed by atoms with Crippen LogP contribution in [0.1, 0.15) is 46.0 Å². The van der Waals surface area contributed by atoms with Crippen molar-refractivity contribution in [1.29, 1.82) is 0 Å². The third kappa shape index (κ3) is 1.93. The Bertz CT molecular complexity index is 1140. The first kappa shape index (κ1) is 15.0. The van der Waals surface area contributed by atoms with Gasteiger partial charge in [0.05, 0.1) is 16.9 Å². The zero-order valence-electron chi connectivity index (χ0n) is 14.3. The standard InChI is InChI=1S/C22H16N2O2/c1-2-5-19(25)14-10-11-15-16(12-14)22(26)24-18-9-4-7-13-6-3-8-17(20(13)18)23-21(15)24/h3-4,6-12H,2,5H2,1H3. The van der Waals surface area contributed by atoms with E-state index in [2.05, 4.69) is 0 Å². The Morgan fingerprint density at radius 1 is 1.04 bits per heavy atom. The fourth-order valence-corrected chi connectivity index (χ4v) is 3.83. The van der Waals surface area contributed by atoms with E-state index in [1.54, 1.807) is 17.0 Å². The summed E-state index contributed by atoms with van der Waals surface area (Å²) >= 11 is 0. The number of fused-ring (bicyclic) bond motifs is 4. The van der Waals surface area contributed by atoms with E-state index in [1.807, 2.05) is 49.4 Å². The van der Waals surface area contributed by atoms with E-state index in [0.29, 0.717) is 23.4 Å². The smallest absolute Gasteiger partial charge is 0.264 e. The maximum Gasteiger partial charge on any atom is 0.264 e. The lowest BCUT2D eigenvalue weighted by Crippen LogP contribution is -2.31. The maximum atomic E-state index is 13.1. The number of hydrogen-bond donors (Lipinski definition) is 0. The fourth-order valence-electron chi connectivity index (χ4n) is 3.83. The van der Waals surface area contributed by atoms with Crippen molar-refractivity contribution in [1.82, 2.24) is 0 Å². The molecule has 0 bridgehead atoms. The highest BCUT2D eigenvalue weighted by atomic mass is 16.2. The molecule has 26 heavy (non-hydrogen) atoms. The molecule has 0 N–H and O–H groups in total. The topological polar surface area (TPSA) is 49.7 Å². The van der Waals surface area contributed by atoms with Crippen molar-refractivity contribution in [2.24, 2.45) is 4.99 Å². The number of amides is 1. The van der Waals surface area contributed by atoms with Gasteiger partial charge in [-0.25, -0.2) is 4.99 Å². The minimum atomic E-state index is -0.119. The van der Waals surface area contributed by atoms with Gasteiger partial charge in [0.2, 0.25) is 0 Å². The Morgan fingerprint density at radius 2 is 1.85 bits per heavy atom. The van der Waals surface area contributed by atoms with Gasteiger partial charge >= 0.3 is 0 Å². The quantitative estimate of drug-likeness (QED) is 0.638. The first-order valence-corrected chi connectivity index (χ1v) is 8.81. The van der Waals surface area contributed by atoms with E-state index in [0.717, 1.165) is 34.1 Å². The third-order valence-corrected chi connectivity index (χ3v) is 5.03. The molecule has 0 fully saturated rings. The van der Waals surface area contributed by atoms with Crippen LogP contribution in [0.3, 0.4) is 0 Å². The van der Waals surface area contributed by atoms with Gasteiger partial charge in [0.15, 0.2) is 5.78 Å². The first-order valence-electron chi connectivity index (χ1n) is 8.81. The Balaban J connectivity index is 1.72. The molecule has 0 aliphatic carbocycles. The molecule has 0 saturated heterocycles. The summed E-state index contributed by atoms with van der Waals surface area (Å²) in [7, 11) is 0. The van der Waals surface area contributed by atoms with Crippen LogP contribution in [0.15, 0.2) is 59.6 Å². The molecule has 2 aliphatic heterocycles. The average Bonchev–Trinajstić information content (AvgIpc) is 2.94. The third-order valence-electron chi connectivity index (χ3n) is 5.03. The molecule has 0 saturated carbocycles. The van der Waals surface area contributed by atoms with E-state index in [9.17, 15) is 9.59 Å². The van der Waals surface area contributed by atoms with E-state index in [4.69, 9.17) is 4.99 Å². The average molecular weight is 340 g/mol. The molecule has 4 nitrogen and oxygen atoms in total. The summed E-state index contributed by atoms with van der Waals surface area (Å²) in [5, 5.41) is 2.05. The second-order valence-electron chi connectivity index (χ2n) is 6.66. The lowest BCUT2D eigenvalue weighted by molar-refractivity contribution is 0.0981. The van der Waals surface area contributed by atoms with Crippen LogP contribution >= 0.6 is 0 Å². The van der Waals surface area contributed by atoms with Crippen LogP contribution < -0.4 is 4.90 Å². The summed E-state index contributed by atoms with van der Waals surface area (Å²) in [6, 6.07) is 17.3. The summed E-state index contributed by atoms with van der Waals surface area (Å²) in [6.45, 7) is 1.98.